The maximum atomic E-state index is 12.3. The van der Waals surface area contributed by atoms with E-state index in [-0.39, 0.29) is 6.09 Å². The van der Waals surface area contributed by atoms with Crippen molar-refractivity contribution in [1.82, 2.24) is 10.2 Å². The highest BCUT2D eigenvalue weighted by molar-refractivity contribution is 6.39. The molecule has 162 valence electrons. The Morgan fingerprint density at radius 1 is 1.06 bits per heavy atom. The standard InChI is InChI=1S/C21H23N5O5/c1-13(15-5-7-16(8-6-15)25-20(22)29)23-18(27)19(28)24-17-4-2-3-14(11-17)12-26-9-10-31-21(26)30/h2-8,11,13H,9-10,12H2,1H3,(H,23,27)(H,24,28)(H3,22,25,29). The topological polar surface area (TPSA) is 143 Å². The zero-order valence-corrected chi connectivity index (χ0v) is 16.9. The number of rotatable bonds is 6. The molecule has 0 bridgehead atoms. The maximum absolute atomic E-state index is 12.3. The fourth-order valence-electron chi connectivity index (χ4n) is 3.07. The molecule has 5 N–H and O–H groups in total. The number of nitrogens with one attached hydrogen (secondary N) is 3. The Morgan fingerprint density at radius 3 is 2.45 bits per heavy atom. The van der Waals surface area contributed by atoms with Crippen LogP contribution in [0.15, 0.2) is 48.5 Å². The first-order chi connectivity index (χ1) is 14.8. The van der Waals surface area contributed by atoms with Crippen LogP contribution in [0.3, 0.4) is 0 Å². The molecule has 1 unspecified atom stereocenters. The molecule has 0 spiro atoms. The number of primary amides is 1. The van der Waals surface area contributed by atoms with Crippen LogP contribution in [0.2, 0.25) is 0 Å². The van der Waals surface area contributed by atoms with Crippen LogP contribution in [0.1, 0.15) is 24.1 Å². The normalized spacial score (nSPS) is 13.8. The van der Waals surface area contributed by atoms with E-state index in [9.17, 15) is 19.2 Å². The van der Waals surface area contributed by atoms with Crippen LogP contribution in [-0.4, -0.2) is 42.0 Å². The smallest absolute Gasteiger partial charge is 0.410 e. The first-order valence-electron chi connectivity index (χ1n) is 9.61. The molecule has 0 saturated carbocycles. The predicted octanol–water partition coefficient (Wildman–Crippen LogP) is 1.95. The van der Waals surface area contributed by atoms with Gasteiger partial charge in [0.15, 0.2) is 0 Å². The second-order valence-corrected chi connectivity index (χ2v) is 7.00. The number of benzene rings is 2. The fraction of sp³-hybridized carbons (Fsp3) is 0.238. The lowest BCUT2D eigenvalue weighted by atomic mass is 10.1. The number of amides is 5. The number of ether oxygens (including phenoxy) is 1. The van der Waals surface area contributed by atoms with Gasteiger partial charge in [0.25, 0.3) is 0 Å². The molecule has 1 saturated heterocycles. The molecule has 1 aliphatic rings. The molecule has 2 aromatic carbocycles. The molecular weight excluding hydrogens is 402 g/mol. The van der Waals surface area contributed by atoms with Crippen molar-refractivity contribution >= 4 is 35.3 Å². The Hall–Kier alpha value is -4.08. The SMILES string of the molecule is CC(NC(=O)C(=O)Nc1cccc(CN2CCOC2=O)c1)c1ccc(NC(N)=O)cc1. The molecule has 1 heterocycles. The van der Waals surface area contributed by atoms with Gasteiger partial charge in [-0.25, -0.2) is 9.59 Å². The van der Waals surface area contributed by atoms with E-state index in [4.69, 9.17) is 10.5 Å². The monoisotopic (exact) mass is 425 g/mol. The number of anilines is 2. The zero-order valence-electron chi connectivity index (χ0n) is 16.9. The number of nitrogens with zero attached hydrogens (tertiary/aromatic N) is 1. The Labute approximate surface area is 178 Å². The molecule has 1 aliphatic heterocycles. The van der Waals surface area contributed by atoms with E-state index in [0.29, 0.717) is 31.1 Å². The highest BCUT2D eigenvalue weighted by Crippen LogP contribution is 2.17. The van der Waals surface area contributed by atoms with Gasteiger partial charge in [-0.1, -0.05) is 24.3 Å². The van der Waals surface area contributed by atoms with E-state index in [1.54, 1.807) is 54.3 Å². The van der Waals surface area contributed by atoms with Crippen LogP contribution in [0, 0.1) is 0 Å². The highest BCUT2D eigenvalue weighted by atomic mass is 16.6. The first-order valence-corrected chi connectivity index (χ1v) is 9.61. The van der Waals surface area contributed by atoms with Gasteiger partial charge in [0, 0.05) is 17.9 Å². The molecule has 10 heteroatoms. The molecule has 0 radical (unpaired) electrons. The zero-order chi connectivity index (χ0) is 22.4. The predicted molar refractivity (Wildman–Crippen MR) is 113 cm³/mol. The molecule has 1 atom stereocenters. The Bertz CT molecular complexity index is 992. The summed E-state index contributed by atoms with van der Waals surface area (Å²) in [5.41, 5.74) is 7.58. The lowest BCUT2D eigenvalue weighted by Crippen LogP contribution is -2.36. The van der Waals surface area contributed by atoms with Gasteiger partial charge in [-0.3, -0.25) is 9.59 Å². The largest absolute Gasteiger partial charge is 0.448 e. The van der Waals surface area contributed by atoms with Gasteiger partial charge >= 0.3 is 23.9 Å². The number of hydrogen-bond donors (Lipinski definition) is 4. The average Bonchev–Trinajstić information content (AvgIpc) is 3.12. The maximum Gasteiger partial charge on any atom is 0.410 e. The van der Waals surface area contributed by atoms with Gasteiger partial charge in [0.1, 0.15) is 6.61 Å². The minimum atomic E-state index is -0.809. The molecular formula is C21H23N5O5. The van der Waals surface area contributed by atoms with Gasteiger partial charge in [0.05, 0.1) is 12.6 Å². The molecule has 10 nitrogen and oxygen atoms in total. The second kappa shape index (κ2) is 9.61. The van der Waals surface area contributed by atoms with Gasteiger partial charge < -0.3 is 31.3 Å². The summed E-state index contributed by atoms with van der Waals surface area (Å²) in [5, 5.41) is 7.63. The second-order valence-electron chi connectivity index (χ2n) is 7.00. The van der Waals surface area contributed by atoms with E-state index in [0.717, 1.165) is 11.1 Å². The van der Waals surface area contributed by atoms with Crippen molar-refractivity contribution in [2.45, 2.75) is 19.5 Å². The Balaban J connectivity index is 1.55. The first kappa shape index (κ1) is 21.6. The number of carbonyl (C=O) groups excluding carboxylic acids is 4. The number of urea groups is 1. The van der Waals surface area contributed by atoms with Crippen LogP contribution < -0.4 is 21.7 Å². The summed E-state index contributed by atoms with van der Waals surface area (Å²) in [4.78, 5) is 48.6. The van der Waals surface area contributed by atoms with Crippen molar-refractivity contribution in [3.63, 3.8) is 0 Å². The fourth-order valence-corrected chi connectivity index (χ4v) is 3.07. The summed E-state index contributed by atoms with van der Waals surface area (Å²) in [6, 6.07) is 12.5. The van der Waals surface area contributed by atoms with E-state index in [1.165, 1.54) is 0 Å². The van der Waals surface area contributed by atoms with Crippen molar-refractivity contribution in [2.75, 3.05) is 23.8 Å². The number of carbonyl (C=O) groups is 4. The van der Waals surface area contributed by atoms with E-state index in [2.05, 4.69) is 16.0 Å². The lowest BCUT2D eigenvalue weighted by Gasteiger charge is -2.15. The van der Waals surface area contributed by atoms with E-state index in [1.807, 2.05) is 6.07 Å². The molecule has 5 amide bonds. The minimum absolute atomic E-state index is 0.354. The number of nitrogens with two attached hydrogens (primary N) is 1. The third kappa shape index (κ3) is 5.95. The molecule has 1 fully saturated rings. The van der Waals surface area contributed by atoms with E-state index < -0.39 is 23.9 Å². The Kier molecular flexibility index (Phi) is 6.71. The quantitative estimate of drug-likeness (QED) is 0.523. The van der Waals surface area contributed by atoms with Gasteiger partial charge in [-0.05, 0) is 42.3 Å². The average molecular weight is 425 g/mol. The van der Waals surface area contributed by atoms with E-state index >= 15 is 0 Å². The van der Waals surface area contributed by atoms with Crippen molar-refractivity contribution < 1.29 is 23.9 Å². The Morgan fingerprint density at radius 2 is 1.81 bits per heavy atom. The summed E-state index contributed by atoms with van der Waals surface area (Å²) in [5.74, 6) is -1.60. The van der Waals surface area contributed by atoms with Gasteiger partial charge in [-0.15, -0.1) is 0 Å². The van der Waals surface area contributed by atoms with Crippen LogP contribution in [0.4, 0.5) is 21.0 Å². The van der Waals surface area contributed by atoms with Crippen LogP contribution in [-0.2, 0) is 20.9 Å². The van der Waals surface area contributed by atoms with Gasteiger partial charge in [-0.2, -0.15) is 0 Å². The minimum Gasteiger partial charge on any atom is -0.448 e. The van der Waals surface area contributed by atoms with Gasteiger partial charge in [0.2, 0.25) is 0 Å². The number of hydrogen-bond acceptors (Lipinski definition) is 5. The van der Waals surface area contributed by atoms with Crippen LogP contribution in [0.25, 0.3) is 0 Å². The molecule has 2 aromatic rings. The molecule has 31 heavy (non-hydrogen) atoms. The summed E-state index contributed by atoms with van der Waals surface area (Å²) in [7, 11) is 0. The lowest BCUT2D eigenvalue weighted by molar-refractivity contribution is -0.136. The summed E-state index contributed by atoms with van der Waals surface area (Å²) in [6.45, 7) is 2.96. The highest BCUT2D eigenvalue weighted by Gasteiger charge is 2.22. The summed E-state index contributed by atoms with van der Waals surface area (Å²) in [6.07, 6.45) is -0.374. The van der Waals surface area contributed by atoms with Crippen molar-refractivity contribution in [1.29, 1.82) is 0 Å². The van der Waals surface area contributed by atoms with Crippen molar-refractivity contribution in [3.05, 3.63) is 59.7 Å². The number of cyclic esters (lactones) is 1. The molecule has 0 aromatic heterocycles. The van der Waals surface area contributed by atoms with Crippen molar-refractivity contribution in [3.8, 4) is 0 Å². The van der Waals surface area contributed by atoms with Crippen LogP contribution in [0.5, 0.6) is 0 Å². The molecule has 0 aliphatic carbocycles. The third-order valence-electron chi connectivity index (χ3n) is 4.64. The third-order valence-corrected chi connectivity index (χ3v) is 4.64. The summed E-state index contributed by atoms with van der Waals surface area (Å²) >= 11 is 0. The summed E-state index contributed by atoms with van der Waals surface area (Å²) < 4.78 is 4.90. The van der Waals surface area contributed by atoms with Crippen LogP contribution >= 0.6 is 0 Å². The molecule has 3 rings (SSSR count). The van der Waals surface area contributed by atoms with Crippen molar-refractivity contribution in [2.24, 2.45) is 5.73 Å².